The van der Waals surface area contributed by atoms with Gasteiger partial charge >= 0.3 is 5.97 Å². The summed E-state index contributed by atoms with van der Waals surface area (Å²) in [5, 5.41) is 0. The number of likely N-dealkylation sites (tertiary alicyclic amines) is 1. The van der Waals surface area contributed by atoms with Gasteiger partial charge in [-0.15, -0.1) is 0 Å². The van der Waals surface area contributed by atoms with E-state index < -0.39 is 0 Å². The normalized spacial score (nSPS) is 19.7. The molecule has 2 aliphatic heterocycles. The molecule has 0 bridgehead atoms. The van der Waals surface area contributed by atoms with Crippen LogP contribution in [0.4, 0.5) is 5.95 Å². The van der Waals surface area contributed by atoms with Crippen LogP contribution in [0.2, 0.25) is 0 Å². The maximum Gasteiger partial charge on any atom is 0.308 e. The van der Waals surface area contributed by atoms with Crippen molar-refractivity contribution in [3.8, 4) is 0 Å². The van der Waals surface area contributed by atoms with E-state index in [1.807, 2.05) is 4.90 Å². The SMILES string of the molecule is COC(=O)C1CCN(CC(=O)N2CCN(c3ncccn3)CC2)CC1. The number of anilines is 1. The summed E-state index contributed by atoms with van der Waals surface area (Å²) in [6, 6.07) is 1.80. The van der Waals surface area contributed by atoms with Gasteiger partial charge in [-0.3, -0.25) is 14.5 Å². The lowest BCUT2D eigenvalue weighted by Gasteiger charge is -2.36. The Kier molecular flexibility index (Phi) is 5.80. The van der Waals surface area contributed by atoms with Gasteiger partial charge in [-0.25, -0.2) is 9.97 Å². The zero-order valence-corrected chi connectivity index (χ0v) is 14.6. The van der Waals surface area contributed by atoms with E-state index in [1.165, 1.54) is 7.11 Å². The average molecular weight is 347 g/mol. The molecule has 0 radical (unpaired) electrons. The number of carbonyl (C=O) groups excluding carboxylic acids is 2. The third-order valence-electron chi connectivity index (χ3n) is 4.95. The zero-order valence-electron chi connectivity index (χ0n) is 14.6. The Bertz CT molecular complexity index is 581. The van der Waals surface area contributed by atoms with Gasteiger partial charge in [0.25, 0.3) is 0 Å². The number of piperazine rings is 1. The van der Waals surface area contributed by atoms with Gasteiger partial charge in [-0.1, -0.05) is 0 Å². The molecule has 2 saturated heterocycles. The van der Waals surface area contributed by atoms with E-state index in [4.69, 9.17) is 4.74 Å². The van der Waals surface area contributed by atoms with E-state index in [0.29, 0.717) is 19.6 Å². The quantitative estimate of drug-likeness (QED) is 0.710. The number of nitrogens with zero attached hydrogens (tertiary/aromatic N) is 5. The van der Waals surface area contributed by atoms with E-state index in [1.54, 1.807) is 18.5 Å². The van der Waals surface area contributed by atoms with Crippen molar-refractivity contribution in [1.82, 2.24) is 19.8 Å². The summed E-state index contributed by atoms with van der Waals surface area (Å²) in [6.45, 7) is 4.84. The van der Waals surface area contributed by atoms with Gasteiger partial charge in [0, 0.05) is 38.6 Å². The lowest BCUT2D eigenvalue weighted by molar-refractivity contribution is -0.147. The molecule has 8 heteroatoms. The predicted octanol–water partition coefficient (Wildman–Crippen LogP) is 0.0102. The molecule has 2 aliphatic rings. The molecule has 1 amide bonds. The van der Waals surface area contributed by atoms with Crippen LogP contribution in [-0.2, 0) is 14.3 Å². The van der Waals surface area contributed by atoms with Crippen molar-refractivity contribution in [3.63, 3.8) is 0 Å². The van der Waals surface area contributed by atoms with E-state index in [9.17, 15) is 9.59 Å². The number of ether oxygens (including phenoxy) is 1. The van der Waals surface area contributed by atoms with Crippen LogP contribution in [0, 0.1) is 5.92 Å². The summed E-state index contributed by atoms with van der Waals surface area (Å²) in [7, 11) is 1.43. The van der Waals surface area contributed by atoms with Gasteiger partial charge < -0.3 is 14.5 Å². The fourth-order valence-corrected chi connectivity index (χ4v) is 3.40. The number of hydrogen-bond donors (Lipinski definition) is 0. The Balaban J connectivity index is 1.42. The van der Waals surface area contributed by atoms with Gasteiger partial charge in [0.2, 0.25) is 11.9 Å². The molecule has 136 valence electrons. The molecule has 0 aliphatic carbocycles. The van der Waals surface area contributed by atoms with Crippen molar-refractivity contribution in [3.05, 3.63) is 18.5 Å². The highest BCUT2D eigenvalue weighted by molar-refractivity contribution is 5.78. The molecule has 0 unspecified atom stereocenters. The van der Waals surface area contributed by atoms with Crippen LogP contribution >= 0.6 is 0 Å². The molecule has 0 aromatic carbocycles. The number of piperidine rings is 1. The highest BCUT2D eigenvalue weighted by Crippen LogP contribution is 2.18. The first-order chi connectivity index (χ1) is 12.2. The van der Waals surface area contributed by atoms with Crippen molar-refractivity contribution in [2.75, 3.05) is 57.8 Å². The van der Waals surface area contributed by atoms with Crippen LogP contribution in [0.25, 0.3) is 0 Å². The molecule has 0 spiro atoms. The largest absolute Gasteiger partial charge is 0.469 e. The molecular weight excluding hydrogens is 322 g/mol. The van der Waals surface area contributed by atoms with Crippen molar-refractivity contribution >= 4 is 17.8 Å². The molecule has 0 atom stereocenters. The van der Waals surface area contributed by atoms with E-state index in [2.05, 4.69) is 19.8 Å². The van der Waals surface area contributed by atoms with Crippen LogP contribution in [-0.4, -0.2) is 84.6 Å². The summed E-state index contributed by atoms with van der Waals surface area (Å²) in [4.78, 5) is 38.7. The predicted molar refractivity (Wildman–Crippen MR) is 92.0 cm³/mol. The molecular formula is C17H25N5O3. The first kappa shape index (κ1) is 17.6. The molecule has 1 aromatic heterocycles. The Morgan fingerprint density at radius 3 is 2.32 bits per heavy atom. The van der Waals surface area contributed by atoms with Crippen molar-refractivity contribution in [2.45, 2.75) is 12.8 Å². The number of amides is 1. The molecule has 0 saturated carbocycles. The molecule has 1 aromatic rings. The fourth-order valence-electron chi connectivity index (χ4n) is 3.40. The monoisotopic (exact) mass is 347 g/mol. The van der Waals surface area contributed by atoms with Gasteiger partial charge in [-0.2, -0.15) is 0 Å². The van der Waals surface area contributed by atoms with Gasteiger partial charge in [-0.05, 0) is 32.0 Å². The van der Waals surface area contributed by atoms with E-state index in [-0.39, 0.29) is 17.8 Å². The first-order valence-corrected chi connectivity index (χ1v) is 8.77. The minimum absolute atomic E-state index is 0.0224. The average Bonchev–Trinajstić information content (AvgIpc) is 2.68. The van der Waals surface area contributed by atoms with Crippen molar-refractivity contribution < 1.29 is 14.3 Å². The number of methoxy groups -OCH3 is 1. The van der Waals surface area contributed by atoms with Gasteiger partial charge in [0.1, 0.15) is 0 Å². The Labute approximate surface area is 147 Å². The number of esters is 1. The second kappa shape index (κ2) is 8.24. The molecule has 25 heavy (non-hydrogen) atoms. The third-order valence-corrected chi connectivity index (χ3v) is 4.95. The fraction of sp³-hybridized carbons (Fsp3) is 0.647. The second-order valence-electron chi connectivity index (χ2n) is 6.49. The van der Waals surface area contributed by atoms with Crippen molar-refractivity contribution in [2.24, 2.45) is 5.92 Å². The molecule has 0 N–H and O–H groups in total. The Hall–Kier alpha value is -2.22. The summed E-state index contributed by atoms with van der Waals surface area (Å²) in [6.07, 6.45) is 4.99. The first-order valence-electron chi connectivity index (χ1n) is 8.77. The van der Waals surface area contributed by atoms with Crippen LogP contribution in [0.15, 0.2) is 18.5 Å². The van der Waals surface area contributed by atoms with Crippen LogP contribution in [0.5, 0.6) is 0 Å². The molecule has 3 rings (SSSR count). The third kappa shape index (κ3) is 4.45. The second-order valence-corrected chi connectivity index (χ2v) is 6.49. The van der Waals surface area contributed by atoms with Crippen LogP contribution in [0.3, 0.4) is 0 Å². The Morgan fingerprint density at radius 2 is 1.72 bits per heavy atom. The number of aromatic nitrogens is 2. The minimum Gasteiger partial charge on any atom is -0.469 e. The van der Waals surface area contributed by atoms with Crippen LogP contribution in [0.1, 0.15) is 12.8 Å². The highest BCUT2D eigenvalue weighted by Gasteiger charge is 2.28. The number of hydrogen-bond acceptors (Lipinski definition) is 7. The van der Waals surface area contributed by atoms with E-state index in [0.717, 1.165) is 45.0 Å². The summed E-state index contributed by atoms with van der Waals surface area (Å²) in [5.74, 6) is 0.723. The van der Waals surface area contributed by atoms with Crippen LogP contribution < -0.4 is 4.90 Å². The van der Waals surface area contributed by atoms with Gasteiger partial charge in [0.15, 0.2) is 0 Å². The summed E-state index contributed by atoms with van der Waals surface area (Å²) < 4.78 is 4.80. The van der Waals surface area contributed by atoms with Crippen molar-refractivity contribution in [1.29, 1.82) is 0 Å². The smallest absolute Gasteiger partial charge is 0.308 e. The van der Waals surface area contributed by atoms with E-state index >= 15 is 0 Å². The highest BCUT2D eigenvalue weighted by atomic mass is 16.5. The maximum atomic E-state index is 12.5. The minimum atomic E-state index is -0.134. The number of carbonyl (C=O) groups is 2. The number of rotatable bonds is 4. The topological polar surface area (TPSA) is 78.9 Å². The van der Waals surface area contributed by atoms with Gasteiger partial charge in [0.05, 0.1) is 19.6 Å². The zero-order chi connectivity index (χ0) is 17.6. The lowest BCUT2D eigenvalue weighted by atomic mass is 9.97. The molecule has 2 fully saturated rings. The molecule has 3 heterocycles. The standard InChI is InChI=1S/C17H25N5O3/c1-25-16(24)14-3-7-20(8-4-14)13-15(23)21-9-11-22(12-10-21)17-18-5-2-6-19-17/h2,5-6,14H,3-4,7-13H2,1H3. The summed E-state index contributed by atoms with van der Waals surface area (Å²) >= 11 is 0. The maximum absolute atomic E-state index is 12.5. The summed E-state index contributed by atoms with van der Waals surface area (Å²) in [5.41, 5.74) is 0. The Morgan fingerprint density at radius 1 is 1.08 bits per heavy atom. The lowest BCUT2D eigenvalue weighted by Crippen LogP contribution is -2.52. The molecule has 8 nitrogen and oxygen atoms in total.